The molecule has 3 heteroatoms. The van der Waals surface area contributed by atoms with Crippen molar-refractivity contribution in [2.75, 3.05) is 47.1 Å². The van der Waals surface area contributed by atoms with Gasteiger partial charge in [-0.25, -0.2) is 0 Å². The molecule has 0 saturated heterocycles. The van der Waals surface area contributed by atoms with Gasteiger partial charge in [-0.3, -0.25) is 0 Å². The molecule has 0 radical (unpaired) electrons. The fourth-order valence-corrected chi connectivity index (χ4v) is 1.49. The lowest BCUT2D eigenvalue weighted by Crippen LogP contribution is -2.24. The molecular weight excluding hydrogens is 226 g/mol. The molecule has 112 valence electrons. The Kier molecular flexibility index (Phi) is 21.6. The lowest BCUT2D eigenvalue weighted by Gasteiger charge is -2.15. The van der Waals surface area contributed by atoms with Crippen molar-refractivity contribution in [2.45, 2.75) is 52.9 Å². The van der Waals surface area contributed by atoms with E-state index >= 15 is 0 Å². The molecule has 0 amide bonds. The number of hydrogen-bond donors (Lipinski definition) is 0. The van der Waals surface area contributed by atoms with Crippen molar-refractivity contribution in [1.82, 2.24) is 4.90 Å². The molecule has 18 heavy (non-hydrogen) atoms. The summed E-state index contributed by atoms with van der Waals surface area (Å²) in [6.45, 7) is 11.1. The summed E-state index contributed by atoms with van der Waals surface area (Å²) in [4.78, 5) is 2.34. The van der Waals surface area contributed by atoms with Crippen LogP contribution in [0, 0.1) is 0 Å². The molecule has 0 bridgehead atoms. The van der Waals surface area contributed by atoms with Crippen LogP contribution >= 0.6 is 0 Å². The number of rotatable bonds is 12. The highest BCUT2D eigenvalue weighted by atomic mass is 16.5. The molecule has 0 aromatic rings. The molecule has 0 aromatic heterocycles. The molecule has 0 N–H and O–H groups in total. The molecule has 3 nitrogen and oxygen atoms in total. The Balaban J connectivity index is 0. The van der Waals surface area contributed by atoms with Crippen LogP contribution in [0.5, 0.6) is 0 Å². The fourth-order valence-electron chi connectivity index (χ4n) is 1.49. The summed E-state index contributed by atoms with van der Waals surface area (Å²) in [7, 11) is 3.92. The Morgan fingerprint density at radius 2 is 1.50 bits per heavy atom. The largest absolute Gasteiger partial charge is 0.385 e. The van der Waals surface area contributed by atoms with Gasteiger partial charge in [-0.2, -0.15) is 0 Å². The molecule has 0 rings (SSSR count). The van der Waals surface area contributed by atoms with Crippen LogP contribution in [-0.2, 0) is 9.47 Å². The predicted octanol–water partition coefficient (Wildman–Crippen LogP) is 3.58. The van der Waals surface area contributed by atoms with Crippen molar-refractivity contribution in [3.63, 3.8) is 0 Å². The van der Waals surface area contributed by atoms with Gasteiger partial charge >= 0.3 is 0 Å². The molecule has 0 aromatic carbocycles. The molecule has 0 aliphatic rings. The summed E-state index contributed by atoms with van der Waals surface area (Å²) < 4.78 is 10.6. The monoisotopic (exact) mass is 261 g/mol. The first-order chi connectivity index (χ1) is 8.81. The van der Waals surface area contributed by atoms with Crippen LogP contribution in [0.15, 0.2) is 0 Å². The van der Waals surface area contributed by atoms with Gasteiger partial charge in [-0.05, 0) is 39.3 Å². The molecule has 0 aliphatic heterocycles. The van der Waals surface area contributed by atoms with E-state index in [0.717, 1.165) is 39.2 Å². The Hall–Kier alpha value is -0.120. The molecular formula is C15H35NO2. The fraction of sp³-hybridized carbons (Fsp3) is 1.00. The summed E-state index contributed by atoms with van der Waals surface area (Å²) in [6.07, 6.45) is 6.07. The topological polar surface area (TPSA) is 21.7 Å². The van der Waals surface area contributed by atoms with E-state index < -0.39 is 0 Å². The zero-order chi connectivity index (χ0) is 14.1. The van der Waals surface area contributed by atoms with Crippen LogP contribution < -0.4 is 0 Å². The Morgan fingerprint density at radius 3 is 2.11 bits per heavy atom. The summed E-state index contributed by atoms with van der Waals surface area (Å²) in [5.74, 6) is 0. The van der Waals surface area contributed by atoms with Crippen molar-refractivity contribution < 1.29 is 9.47 Å². The summed E-state index contributed by atoms with van der Waals surface area (Å²) in [5, 5.41) is 0. The number of ether oxygens (including phenoxy) is 2. The van der Waals surface area contributed by atoms with Gasteiger partial charge in [0.2, 0.25) is 0 Å². The van der Waals surface area contributed by atoms with Crippen molar-refractivity contribution in [2.24, 2.45) is 0 Å². The zero-order valence-corrected chi connectivity index (χ0v) is 13.3. The van der Waals surface area contributed by atoms with Gasteiger partial charge in [0.15, 0.2) is 0 Å². The number of hydrogen-bond acceptors (Lipinski definition) is 3. The lowest BCUT2D eigenvalue weighted by molar-refractivity contribution is 0.106. The van der Waals surface area contributed by atoms with Gasteiger partial charge < -0.3 is 14.4 Å². The molecule has 0 spiro atoms. The standard InChI is InChI=1S/C13H29NO2.C2H6/c1-4-5-9-14(2)10-13-16-12-8-6-7-11-15-3;1-2/h4-13H2,1-3H3;1-2H3. The highest BCUT2D eigenvalue weighted by Crippen LogP contribution is 1.96. The van der Waals surface area contributed by atoms with Gasteiger partial charge in [0.05, 0.1) is 6.61 Å². The van der Waals surface area contributed by atoms with Gasteiger partial charge in [0.1, 0.15) is 0 Å². The second-order valence-corrected chi connectivity index (χ2v) is 4.32. The van der Waals surface area contributed by atoms with Gasteiger partial charge in [0, 0.05) is 26.9 Å². The van der Waals surface area contributed by atoms with E-state index in [9.17, 15) is 0 Å². The first-order valence-corrected chi connectivity index (χ1v) is 7.56. The van der Waals surface area contributed by atoms with Crippen LogP contribution in [-0.4, -0.2) is 52.0 Å². The molecule has 0 heterocycles. The van der Waals surface area contributed by atoms with Gasteiger partial charge in [0.25, 0.3) is 0 Å². The molecule has 0 aliphatic carbocycles. The summed E-state index contributed by atoms with van der Waals surface area (Å²) >= 11 is 0. The minimum absolute atomic E-state index is 0.866. The third-order valence-electron chi connectivity index (χ3n) is 2.65. The van der Waals surface area contributed by atoms with E-state index in [0.29, 0.717) is 0 Å². The number of likely N-dealkylation sites (N-methyl/N-ethyl adjacent to an activating group) is 1. The smallest absolute Gasteiger partial charge is 0.0593 e. The highest BCUT2D eigenvalue weighted by Gasteiger charge is 1.97. The highest BCUT2D eigenvalue weighted by molar-refractivity contribution is 4.50. The normalized spacial score (nSPS) is 10.3. The van der Waals surface area contributed by atoms with Crippen molar-refractivity contribution in [3.8, 4) is 0 Å². The number of unbranched alkanes of at least 4 members (excludes halogenated alkanes) is 3. The van der Waals surface area contributed by atoms with Crippen molar-refractivity contribution in [1.29, 1.82) is 0 Å². The van der Waals surface area contributed by atoms with Crippen molar-refractivity contribution in [3.05, 3.63) is 0 Å². The van der Waals surface area contributed by atoms with E-state index in [-0.39, 0.29) is 0 Å². The molecule has 0 atom stereocenters. The number of methoxy groups -OCH3 is 1. The molecule has 0 unspecified atom stereocenters. The summed E-state index contributed by atoms with van der Waals surface area (Å²) in [6, 6.07) is 0. The first-order valence-electron chi connectivity index (χ1n) is 7.56. The maximum Gasteiger partial charge on any atom is 0.0593 e. The van der Waals surface area contributed by atoms with Gasteiger partial charge in [-0.15, -0.1) is 0 Å². The number of nitrogens with zero attached hydrogens (tertiary/aromatic N) is 1. The van der Waals surface area contributed by atoms with Crippen LogP contribution in [0.1, 0.15) is 52.9 Å². The van der Waals surface area contributed by atoms with Crippen molar-refractivity contribution >= 4 is 0 Å². The SMILES string of the molecule is CC.CCCCN(C)CCOCCCCCOC. The van der Waals surface area contributed by atoms with E-state index in [4.69, 9.17) is 9.47 Å². The Bertz CT molecular complexity index is 132. The van der Waals surface area contributed by atoms with E-state index in [2.05, 4.69) is 18.9 Å². The zero-order valence-electron chi connectivity index (χ0n) is 13.3. The third-order valence-corrected chi connectivity index (χ3v) is 2.65. The quantitative estimate of drug-likeness (QED) is 0.501. The lowest BCUT2D eigenvalue weighted by atomic mass is 10.2. The minimum Gasteiger partial charge on any atom is -0.385 e. The van der Waals surface area contributed by atoms with E-state index in [1.54, 1.807) is 7.11 Å². The Labute approximate surface area is 115 Å². The molecule has 0 fully saturated rings. The third kappa shape index (κ3) is 18.3. The summed E-state index contributed by atoms with van der Waals surface area (Å²) in [5.41, 5.74) is 0. The average molecular weight is 261 g/mol. The van der Waals surface area contributed by atoms with Crippen LogP contribution in [0.2, 0.25) is 0 Å². The first kappa shape index (κ1) is 20.2. The van der Waals surface area contributed by atoms with Crippen LogP contribution in [0.25, 0.3) is 0 Å². The average Bonchev–Trinajstić information content (AvgIpc) is 2.41. The molecule has 0 saturated carbocycles. The minimum atomic E-state index is 0.866. The maximum absolute atomic E-state index is 5.58. The van der Waals surface area contributed by atoms with Gasteiger partial charge in [-0.1, -0.05) is 27.2 Å². The maximum atomic E-state index is 5.58. The second-order valence-electron chi connectivity index (χ2n) is 4.32. The van der Waals surface area contributed by atoms with E-state index in [1.807, 2.05) is 13.8 Å². The predicted molar refractivity (Wildman–Crippen MR) is 80.3 cm³/mol. The van der Waals surface area contributed by atoms with E-state index in [1.165, 1.54) is 25.8 Å². The Morgan fingerprint density at radius 1 is 0.833 bits per heavy atom. The second kappa shape index (κ2) is 19.2. The van der Waals surface area contributed by atoms with Crippen LogP contribution in [0.4, 0.5) is 0 Å². The van der Waals surface area contributed by atoms with Crippen LogP contribution in [0.3, 0.4) is 0 Å².